The van der Waals surface area contributed by atoms with E-state index in [1.165, 1.54) is 29.2 Å². The molecule has 4 amide bonds. The third-order valence-electron chi connectivity index (χ3n) is 11.4. The number of carbonyl (C=O) groups is 4. The number of hydrogen-bond acceptors (Lipinski definition) is 10. The molecule has 0 radical (unpaired) electrons. The van der Waals surface area contributed by atoms with Crippen LogP contribution in [0.1, 0.15) is 64.3 Å². The van der Waals surface area contributed by atoms with E-state index in [0.717, 1.165) is 57.6 Å². The number of nitrogens with zero attached hydrogens (tertiary/aromatic N) is 4. The molecule has 4 N–H and O–H groups in total. The Morgan fingerprint density at radius 1 is 0.783 bits per heavy atom. The molecular weight excluding hydrogens is 801 g/mol. The van der Waals surface area contributed by atoms with Crippen molar-refractivity contribution in [2.75, 3.05) is 27.3 Å². The van der Waals surface area contributed by atoms with Gasteiger partial charge in [0, 0.05) is 35.0 Å². The minimum Gasteiger partial charge on any atom is -0.453 e. The maximum absolute atomic E-state index is 13.6. The van der Waals surface area contributed by atoms with Gasteiger partial charge < -0.3 is 39.9 Å². The minimum absolute atomic E-state index is 0.106. The number of ether oxygens (including phenoxy) is 2. The number of likely N-dealkylation sites (tertiary alicyclic amines) is 1. The Kier molecular flexibility index (Phi) is 11.5. The zero-order valence-corrected chi connectivity index (χ0v) is 35.9. The smallest absolute Gasteiger partial charge is 0.407 e. The highest BCUT2D eigenvalue weighted by molar-refractivity contribution is 7.27. The van der Waals surface area contributed by atoms with Crippen molar-refractivity contribution in [3.8, 4) is 33.5 Å². The molecule has 1 saturated heterocycles. The zero-order chi connectivity index (χ0) is 42.2. The number of benzene rings is 2. The lowest BCUT2D eigenvalue weighted by molar-refractivity contribution is -0.136. The number of amides is 4. The van der Waals surface area contributed by atoms with Gasteiger partial charge in [-0.3, -0.25) is 9.59 Å². The molecule has 16 heteroatoms. The van der Waals surface area contributed by atoms with Crippen LogP contribution in [-0.4, -0.2) is 93.1 Å². The molecule has 2 unspecified atom stereocenters. The van der Waals surface area contributed by atoms with Gasteiger partial charge in [-0.25, -0.2) is 19.6 Å². The number of rotatable bonds is 11. The number of carbonyl (C=O) groups excluding carboxylic acids is 4. The number of nitrogens with one attached hydrogen (secondary N) is 4. The molecule has 2 aromatic carbocycles. The average Bonchev–Trinajstić information content (AvgIpc) is 4.10. The Labute approximate surface area is 355 Å². The first-order valence-corrected chi connectivity index (χ1v) is 21.8. The molecule has 312 valence electrons. The summed E-state index contributed by atoms with van der Waals surface area (Å²) in [5.41, 5.74) is 8.05. The number of fused-ring (bicyclic) bond motifs is 2. The fraction of sp³-hybridized carbons (Fsp3) is 0.364. The molecule has 14 nitrogen and oxygen atoms in total. The van der Waals surface area contributed by atoms with Crippen molar-refractivity contribution >= 4 is 67.1 Å². The summed E-state index contributed by atoms with van der Waals surface area (Å²) in [4.78, 5) is 71.3. The van der Waals surface area contributed by atoms with Crippen molar-refractivity contribution in [3.63, 3.8) is 0 Å². The van der Waals surface area contributed by atoms with Gasteiger partial charge in [0.1, 0.15) is 29.8 Å². The van der Waals surface area contributed by atoms with E-state index in [9.17, 15) is 19.2 Å². The molecule has 8 rings (SSSR count). The summed E-state index contributed by atoms with van der Waals surface area (Å²) in [6.07, 6.45) is 6.10. The monoisotopic (exact) mass is 848 g/mol. The highest BCUT2D eigenvalue weighted by Gasteiger charge is 2.38. The van der Waals surface area contributed by atoms with Gasteiger partial charge in [-0.2, -0.15) is 0 Å². The molecule has 0 spiro atoms. The Morgan fingerprint density at radius 2 is 1.38 bits per heavy atom. The van der Waals surface area contributed by atoms with Gasteiger partial charge >= 0.3 is 12.2 Å². The lowest BCUT2D eigenvalue weighted by Gasteiger charge is -2.30. The Balaban J connectivity index is 0.978. The first-order chi connectivity index (χ1) is 28.9. The fourth-order valence-electron chi connectivity index (χ4n) is 8.10. The number of H-pyrrole nitrogens is 2. The number of thiophene rings is 2. The predicted octanol–water partition coefficient (Wildman–Crippen LogP) is 8.43. The molecule has 6 heterocycles. The minimum atomic E-state index is -0.730. The van der Waals surface area contributed by atoms with E-state index in [0.29, 0.717) is 18.9 Å². The summed E-state index contributed by atoms with van der Waals surface area (Å²) in [7, 11) is 2.58. The molecule has 4 aromatic heterocycles. The maximum Gasteiger partial charge on any atom is 0.407 e. The van der Waals surface area contributed by atoms with Gasteiger partial charge in [0.25, 0.3) is 0 Å². The predicted molar refractivity (Wildman–Crippen MR) is 233 cm³/mol. The molecular formula is C44H48N8O6S2. The van der Waals surface area contributed by atoms with E-state index in [4.69, 9.17) is 19.4 Å². The van der Waals surface area contributed by atoms with Gasteiger partial charge in [0.05, 0.1) is 52.6 Å². The summed E-state index contributed by atoms with van der Waals surface area (Å²) in [6, 6.07) is 12.6. The van der Waals surface area contributed by atoms with E-state index in [2.05, 4.69) is 67.8 Å². The van der Waals surface area contributed by atoms with Crippen LogP contribution in [0.15, 0.2) is 71.6 Å². The second kappa shape index (κ2) is 16.9. The van der Waals surface area contributed by atoms with Gasteiger partial charge in [-0.05, 0) is 53.5 Å². The van der Waals surface area contributed by atoms with Crippen LogP contribution in [0, 0.1) is 11.8 Å². The number of hydrogen-bond donors (Lipinski definition) is 4. The fourth-order valence-corrected chi connectivity index (χ4v) is 10.6. The van der Waals surface area contributed by atoms with E-state index in [1.54, 1.807) is 27.6 Å². The summed E-state index contributed by atoms with van der Waals surface area (Å²) in [6.45, 7) is 8.60. The molecule has 2 aliphatic rings. The van der Waals surface area contributed by atoms with Gasteiger partial charge in [-0.15, -0.1) is 22.7 Å². The van der Waals surface area contributed by atoms with Gasteiger partial charge in [0.2, 0.25) is 11.8 Å². The first kappa shape index (κ1) is 40.8. The lowest BCUT2D eigenvalue weighted by Crippen LogP contribution is -2.51. The van der Waals surface area contributed by atoms with E-state index >= 15 is 0 Å². The van der Waals surface area contributed by atoms with Crippen molar-refractivity contribution < 1.29 is 28.7 Å². The van der Waals surface area contributed by atoms with Crippen LogP contribution in [0.4, 0.5) is 9.59 Å². The number of alkyl carbamates (subject to hydrolysis) is 2. The number of aromatic amines is 2. The molecule has 60 heavy (non-hydrogen) atoms. The highest BCUT2D eigenvalue weighted by atomic mass is 32.1. The summed E-state index contributed by atoms with van der Waals surface area (Å²) < 4.78 is 12.0. The van der Waals surface area contributed by atoms with Crippen molar-refractivity contribution in [2.24, 2.45) is 11.8 Å². The van der Waals surface area contributed by atoms with E-state index < -0.39 is 30.3 Å². The molecule has 0 aliphatic carbocycles. The number of imidazole rings is 2. The number of aromatic nitrogens is 4. The van der Waals surface area contributed by atoms with E-state index in [1.807, 2.05) is 57.0 Å². The van der Waals surface area contributed by atoms with Crippen molar-refractivity contribution in [2.45, 2.75) is 64.7 Å². The largest absolute Gasteiger partial charge is 0.453 e. The van der Waals surface area contributed by atoms with Crippen LogP contribution in [0.2, 0.25) is 0 Å². The summed E-state index contributed by atoms with van der Waals surface area (Å²) >= 11 is 3.45. The van der Waals surface area contributed by atoms with Crippen LogP contribution in [0.25, 0.3) is 53.9 Å². The van der Waals surface area contributed by atoms with Crippen molar-refractivity contribution in [1.29, 1.82) is 0 Å². The quantitative estimate of drug-likeness (QED) is 0.0940. The van der Waals surface area contributed by atoms with Crippen LogP contribution >= 0.6 is 22.7 Å². The molecule has 4 atom stereocenters. The highest BCUT2D eigenvalue weighted by Crippen LogP contribution is 2.45. The summed E-state index contributed by atoms with van der Waals surface area (Å²) in [5.74, 6) is 0.818. The van der Waals surface area contributed by atoms with Crippen LogP contribution in [0.5, 0.6) is 0 Å². The maximum atomic E-state index is 13.6. The molecule has 0 bridgehead atoms. The van der Waals surface area contributed by atoms with Crippen LogP contribution in [0.3, 0.4) is 0 Å². The lowest BCUT2D eigenvalue weighted by atomic mass is 10.0. The van der Waals surface area contributed by atoms with E-state index in [-0.39, 0.29) is 29.7 Å². The summed E-state index contributed by atoms with van der Waals surface area (Å²) in [5, 5.41) is 9.81. The van der Waals surface area contributed by atoms with Gasteiger partial charge in [-0.1, -0.05) is 70.2 Å². The van der Waals surface area contributed by atoms with Crippen LogP contribution in [-0.2, 0) is 19.1 Å². The Hall–Kier alpha value is -6.00. The topological polar surface area (TPSA) is 175 Å². The van der Waals surface area contributed by atoms with Crippen molar-refractivity contribution in [1.82, 2.24) is 40.4 Å². The Morgan fingerprint density at radius 3 is 2.02 bits per heavy atom. The first-order valence-electron chi connectivity index (χ1n) is 20.1. The van der Waals surface area contributed by atoms with Crippen molar-refractivity contribution in [3.05, 3.63) is 83.2 Å². The second-order valence-corrected chi connectivity index (χ2v) is 17.6. The standard InChI is InChI=1S/C44H48N8O6S2/c1-23(2)35(49-43(55)57-5)41(53)51-17-7-9-33(51)39-45-20-32(48-39)26-13-11-25(12-14-26)28-21-59-38-29(22-60-37(28)38)27-15-16-30-31(19-27)47-40(46-30)34-10-8-18-52(34)42(54)36(24(3)4)50-44(56)58-6/h8,10-16,19-24,33-36H,7,9,17-18H2,1-6H3,(H,45,48)(H,46,47)(H,49,55)(H,50,56)/t33?,34?,35-,36-/m0/s1. The number of methoxy groups -OCH3 is 2. The molecule has 6 aromatic rings. The molecule has 1 fully saturated rings. The van der Waals surface area contributed by atoms with Gasteiger partial charge in [0.15, 0.2) is 0 Å². The average molecular weight is 849 g/mol. The normalized spacial score (nSPS) is 17.5. The SMILES string of the molecule is COC(=O)N[C@H](C(=O)N1CC=CC1c1nc2ccc(-c3csc4c(-c5ccc(-c6cnc(C7CCCN7C(=O)[C@@H](NC(=O)OC)C(C)C)[nH]6)cc5)csc34)cc2[nH]1)C(C)C. The second-order valence-electron chi connectivity index (χ2n) is 15.8. The zero-order valence-electron chi connectivity index (χ0n) is 34.3. The Bertz CT molecular complexity index is 2590. The molecule has 0 saturated carbocycles. The third kappa shape index (κ3) is 7.76. The van der Waals surface area contributed by atoms with Crippen LogP contribution < -0.4 is 10.6 Å². The third-order valence-corrected chi connectivity index (χ3v) is 13.5. The molecule has 2 aliphatic heterocycles.